The number of hydrogen-bond donors (Lipinski definition) is 2. The highest BCUT2D eigenvalue weighted by Crippen LogP contribution is 2.32. The average molecular weight is 394 g/mol. The van der Waals surface area contributed by atoms with Crippen LogP contribution in [0.2, 0.25) is 0 Å². The molecule has 2 heterocycles. The van der Waals surface area contributed by atoms with Gasteiger partial charge in [-0.05, 0) is 48.5 Å². The van der Waals surface area contributed by atoms with E-state index >= 15 is 0 Å². The van der Waals surface area contributed by atoms with Crippen LogP contribution in [0.1, 0.15) is 20.9 Å². The lowest BCUT2D eigenvalue weighted by atomic mass is 10.1. The summed E-state index contributed by atoms with van der Waals surface area (Å²) in [5.41, 5.74) is 1.29. The largest absolute Gasteiger partial charge is 0.495 e. The van der Waals surface area contributed by atoms with Crippen molar-refractivity contribution >= 4 is 23.2 Å². The number of ether oxygens (including phenoxy) is 3. The van der Waals surface area contributed by atoms with Crippen LogP contribution in [0.25, 0.3) is 0 Å². The summed E-state index contributed by atoms with van der Waals surface area (Å²) in [6.45, 7) is 0.912. The molecule has 0 aliphatic carbocycles. The predicted octanol–water partition coefficient (Wildman–Crippen LogP) is 3.56. The standard InChI is InChI=1S/C21H18N2O6/c1-26-16-7-5-14(22-21(25)18-3-2-8-27-18)12-15(16)23-20(24)13-4-6-17-19(11-13)29-10-9-28-17/h2-8,11-12H,9-10H2,1H3,(H,22,25)(H,23,24). The van der Waals surface area contributed by atoms with Crippen molar-refractivity contribution in [2.24, 2.45) is 0 Å². The second-order valence-corrected chi connectivity index (χ2v) is 6.16. The number of carbonyl (C=O) groups is 2. The van der Waals surface area contributed by atoms with Gasteiger partial charge in [-0.15, -0.1) is 0 Å². The van der Waals surface area contributed by atoms with Crippen LogP contribution in [0.15, 0.2) is 59.2 Å². The minimum atomic E-state index is -0.399. The summed E-state index contributed by atoms with van der Waals surface area (Å²) in [6, 6.07) is 13.1. The van der Waals surface area contributed by atoms with Crippen LogP contribution in [0.5, 0.6) is 17.2 Å². The lowest BCUT2D eigenvalue weighted by molar-refractivity contribution is 0.0995. The normalized spacial score (nSPS) is 12.2. The Morgan fingerprint density at radius 2 is 1.76 bits per heavy atom. The molecule has 0 saturated heterocycles. The number of fused-ring (bicyclic) bond motifs is 1. The highest BCUT2D eigenvalue weighted by Gasteiger charge is 2.17. The van der Waals surface area contributed by atoms with Gasteiger partial charge in [0.25, 0.3) is 11.8 Å². The van der Waals surface area contributed by atoms with Crippen LogP contribution in [-0.2, 0) is 0 Å². The molecule has 2 aromatic carbocycles. The smallest absolute Gasteiger partial charge is 0.291 e. The van der Waals surface area contributed by atoms with Gasteiger partial charge >= 0.3 is 0 Å². The number of carbonyl (C=O) groups excluding carboxylic acids is 2. The van der Waals surface area contributed by atoms with Gasteiger partial charge in [0, 0.05) is 11.3 Å². The third-order valence-corrected chi connectivity index (χ3v) is 4.25. The van der Waals surface area contributed by atoms with Crippen molar-refractivity contribution in [3.8, 4) is 17.2 Å². The molecule has 8 heteroatoms. The minimum absolute atomic E-state index is 0.183. The Bertz CT molecular complexity index is 1050. The zero-order valence-electron chi connectivity index (χ0n) is 15.6. The zero-order chi connectivity index (χ0) is 20.2. The molecular weight excluding hydrogens is 376 g/mol. The Morgan fingerprint density at radius 3 is 2.52 bits per heavy atom. The number of rotatable bonds is 5. The van der Waals surface area contributed by atoms with E-state index in [0.717, 1.165) is 0 Å². The van der Waals surface area contributed by atoms with Crippen LogP contribution in [0.3, 0.4) is 0 Å². The van der Waals surface area contributed by atoms with E-state index in [1.807, 2.05) is 0 Å². The molecule has 2 amide bonds. The van der Waals surface area contributed by atoms with E-state index in [1.54, 1.807) is 48.5 Å². The predicted molar refractivity (Wildman–Crippen MR) is 105 cm³/mol. The van der Waals surface area contributed by atoms with Crippen molar-refractivity contribution < 1.29 is 28.2 Å². The first-order valence-corrected chi connectivity index (χ1v) is 8.88. The zero-order valence-corrected chi connectivity index (χ0v) is 15.6. The topological polar surface area (TPSA) is 99.0 Å². The molecule has 1 aromatic heterocycles. The molecule has 0 bridgehead atoms. The van der Waals surface area contributed by atoms with Gasteiger partial charge in [-0.3, -0.25) is 9.59 Å². The van der Waals surface area contributed by atoms with Crippen molar-refractivity contribution in [1.82, 2.24) is 0 Å². The third-order valence-electron chi connectivity index (χ3n) is 4.25. The Labute approximate surface area is 166 Å². The van der Waals surface area contributed by atoms with Gasteiger partial charge in [0.15, 0.2) is 17.3 Å². The molecule has 0 atom stereocenters. The van der Waals surface area contributed by atoms with E-state index in [2.05, 4.69) is 10.6 Å². The van der Waals surface area contributed by atoms with E-state index in [-0.39, 0.29) is 11.7 Å². The number of anilines is 2. The van der Waals surface area contributed by atoms with Crippen molar-refractivity contribution in [3.05, 3.63) is 66.1 Å². The molecule has 3 aromatic rings. The van der Waals surface area contributed by atoms with Gasteiger partial charge in [-0.2, -0.15) is 0 Å². The van der Waals surface area contributed by atoms with Crippen molar-refractivity contribution in [2.75, 3.05) is 31.0 Å². The molecule has 0 saturated carbocycles. The van der Waals surface area contributed by atoms with Gasteiger partial charge in [0.2, 0.25) is 0 Å². The SMILES string of the molecule is COc1ccc(NC(=O)c2ccco2)cc1NC(=O)c1ccc2c(c1)OCCO2. The maximum absolute atomic E-state index is 12.7. The van der Waals surface area contributed by atoms with Gasteiger partial charge in [-0.1, -0.05) is 0 Å². The molecule has 1 aliphatic rings. The fourth-order valence-corrected chi connectivity index (χ4v) is 2.86. The summed E-state index contributed by atoms with van der Waals surface area (Å²) < 4.78 is 21.4. The first-order valence-electron chi connectivity index (χ1n) is 8.88. The maximum Gasteiger partial charge on any atom is 0.291 e. The molecule has 0 radical (unpaired) electrons. The number of nitrogens with one attached hydrogen (secondary N) is 2. The monoisotopic (exact) mass is 394 g/mol. The van der Waals surface area contributed by atoms with E-state index in [9.17, 15) is 9.59 Å². The molecule has 29 heavy (non-hydrogen) atoms. The highest BCUT2D eigenvalue weighted by molar-refractivity contribution is 6.06. The molecule has 4 rings (SSSR count). The number of hydrogen-bond acceptors (Lipinski definition) is 6. The second-order valence-electron chi connectivity index (χ2n) is 6.16. The van der Waals surface area contributed by atoms with Gasteiger partial charge in [-0.25, -0.2) is 0 Å². The summed E-state index contributed by atoms with van der Waals surface area (Å²) >= 11 is 0. The summed E-state index contributed by atoms with van der Waals surface area (Å²) in [6.07, 6.45) is 1.42. The lowest BCUT2D eigenvalue weighted by Crippen LogP contribution is -2.17. The second kappa shape index (κ2) is 7.97. The van der Waals surface area contributed by atoms with Gasteiger partial charge in [0.1, 0.15) is 19.0 Å². The van der Waals surface area contributed by atoms with E-state index in [0.29, 0.717) is 47.4 Å². The molecule has 1 aliphatic heterocycles. The Hall–Kier alpha value is -3.94. The van der Waals surface area contributed by atoms with Gasteiger partial charge < -0.3 is 29.3 Å². The van der Waals surface area contributed by atoms with E-state index < -0.39 is 5.91 Å². The quantitative estimate of drug-likeness (QED) is 0.686. The van der Waals surface area contributed by atoms with Crippen LogP contribution in [-0.4, -0.2) is 32.1 Å². The summed E-state index contributed by atoms with van der Waals surface area (Å²) in [4.78, 5) is 24.9. The Morgan fingerprint density at radius 1 is 0.931 bits per heavy atom. The third kappa shape index (κ3) is 4.01. The fraction of sp³-hybridized carbons (Fsp3) is 0.143. The highest BCUT2D eigenvalue weighted by atomic mass is 16.6. The molecule has 8 nitrogen and oxygen atoms in total. The van der Waals surface area contributed by atoms with E-state index in [4.69, 9.17) is 18.6 Å². The van der Waals surface area contributed by atoms with Crippen molar-refractivity contribution in [2.45, 2.75) is 0 Å². The number of furan rings is 1. The molecular formula is C21H18N2O6. The molecule has 2 N–H and O–H groups in total. The number of amides is 2. The molecule has 0 unspecified atom stereocenters. The number of benzene rings is 2. The molecule has 0 spiro atoms. The van der Waals surface area contributed by atoms with Crippen LogP contribution in [0, 0.1) is 0 Å². The van der Waals surface area contributed by atoms with Gasteiger partial charge in [0.05, 0.1) is 19.1 Å². The van der Waals surface area contributed by atoms with E-state index in [1.165, 1.54) is 13.4 Å². The summed E-state index contributed by atoms with van der Waals surface area (Å²) in [5.74, 6) is 1.01. The first-order chi connectivity index (χ1) is 14.1. The van der Waals surface area contributed by atoms with Crippen LogP contribution >= 0.6 is 0 Å². The minimum Gasteiger partial charge on any atom is -0.495 e. The molecule has 148 valence electrons. The maximum atomic E-state index is 12.7. The Kier molecular flexibility index (Phi) is 5.07. The first kappa shape index (κ1) is 18.4. The number of methoxy groups -OCH3 is 1. The Balaban J connectivity index is 1.54. The summed E-state index contributed by atoms with van der Waals surface area (Å²) in [7, 11) is 1.50. The van der Waals surface area contributed by atoms with Crippen molar-refractivity contribution in [1.29, 1.82) is 0 Å². The molecule has 0 fully saturated rings. The van der Waals surface area contributed by atoms with Crippen LogP contribution in [0.4, 0.5) is 11.4 Å². The van der Waals surface area contributed by atoms with Crippen molar-refractivity contribution in [3.63, 3.8) is 0 Å². The summed E-state index contributed by atoms with van der Waals surface area (Å²) in [5, 5.41) is 5.51. The lowest BCUT2D eigenvalue weighted by Gasteiger charge is -2.19. The fourth-order valence-electron chi connectivity index (χ4n) is 2.86. The van der Waals surface area contributed by atoms with Crippen LogP contribution < -0.4 is 24.8 Å². The average Bonchev–Trinajstić information content (AvgIpc) is 3.29.